The molecule has 0 saturated heterocycles. The van der Waals surface area contributed by atoms with Gasteiger partial charge in [-0.25, -0.2) is 15.0 Å². The smallest absolute Gasteiger partial charge is 0.164 e. The van der Waals surface area contributed by atoms with E-state index in [-0.39, 0.29) is 0 Å². The number of hydrogen-bond donors (Lipinski definition) is 0. The lowest BCUT2D eigenvalue weighted by Crippen LogP contribution is -2.01. The topological polar surface area (TPSA) is 43.6 Å². The second-order valence-electron chi connectivity index (χ2n) is 15.6. The van der Waals surface area contributed by atoms with Crippen LogP contribution in [0.15, 0.2) is 218 Å². The van der Waals surface area contributed by atoms with E-state index in [1.54, 1.807) is 0 Å². The first-order chi connectivity index (χ1) is 30.2. The number of rotatable bonds is 6. The van der Waals surface area contributed by atoms with Gasteiger partial charge in [-0.1, -0.05) is 176 Å². The lowest BCUT2D eigenvalue weighted by atomic mass is 9.89. The van der Waals surface area contributed by atoms with Crippen LogP contribution < -0.4 is 0 Å². The predicted octanol–water partition coefficient (Wildman–Crippen LogP) is 14.8. The Bertz CT molecular complexity index is 3550. The van der Waals surface area contributed by atoms with Gasteiger partial charge in [0.15, 0.2) is 17.5 Å². The van der Waals surface area contributed by atoms with Gasteiger partial charge in [0.25, 0.3) is 0 Å². The van der Waals surface area contributed by atoms with Crippen LogP contribution in [0.4, 0.5) is 0 Å². The Morgan fingerprint density at radius 2 is 0.705 bits per heavy atom. The summed E-state index contributed by atoms with van der Waals surface area (Å²) in [4.78, 5) is 15.4. The summed E-state index contributed by atoms with van der Waals surface area (Å²) in [6, 6.07) is 77.6. The van der Waals surface area contributed by atoms with E-state index in [0.717, 1.165) is 33.5 Å². The fourth-order valence-corrected chi connectivity index (χ4v) is 9.08. The van der Waals surface area contributed by atoms with Crippen LogP contribution in [0.5, 0.6) is 0 Å². The maximum Gasteiger partial charge on any atom is 0.164 e. The molecule has 0 N–H and O–H groups in total. The van der Waals surface area contributed by atoms with Crippen molar-refractivity contribution in [3.63, 3.8) is 0 Å². The second kappa shape index (κ2) is 14.3. The molecule has 0 saturated carbocycles. The summed E-state index contributed by atoms with van der Waals surface area (Å²) in [5, 5.41) is 9.91. The van der Waals surface area contributed by atoms with Gasteiger partial charge in [0.2, 0.25) is 0 Å². The van der Waals surface area contributed by atoms with Crippen molar-refractivity contribution in [2.45, 2.75) is 0 Å². The molecule has 0 atom stereocenters. The van der Waals surface area contributed by atoms with Crippen molar-refractivity contribution in [2.75, 3.05) is 0 Å². The molecule has 0 amide bonds. The predicted molar refractivity (Wildman–Crippen MR) is 254 cm³/mol. The molecule has 0 spiro atoms. The lowest BCUT2D eigenvalue weighted by Gasteiger charge is -2.14. The van der Waals surface area contributed by atoms with Crippen molar-refractivity contribution in [1.82, 2.24) is 19.5 Å². The number of benzene rings is 10. The van der Waals surface area contributed by atoms with Crippen molar-refractivity contribution in [3.8, 4) is 62.1 Å². The number of aromatic nitrogens is 4. The molecule has 4 heteroatoms. The zero-order chi connectivity index (χ0) is 40.3. The zero-order valence-electron chi connectivity index (χ0n) is 33.1. The van der Waals surface area contributed by atoms with Gasteiger partial charge in [0.1, 0.15) is 0 Å². The quantitative estimate of drug-likeness (QED) is 0.125. The summed E-state index contributed by atoms with van der Waals surface area (Å²) in [7, 11) is 0. The Labute approximate surface area is 352 Å². The Hall–Kier alpha value is -8.21. The molecule has 61 heavy (non-hydrogen) atoms. The highest BCUT2D eigenvalue weighted by Crippen LogP contribution is 2.40. The van der Waals surface area contributed by atoms with Crippen molar-refractivity contribution >= 4 is 54.1 Å². The van der Waals surface area contributed by atoms with Crippen LogP contribution >= 0.6 is 0 Å². The van der Waals surface area contributed by atoms with Crippen LogP contribution in [-0.2, 0) is 0 Å². The highest BCUT2D eigenvalue weighted by atomic mass is 15.0. The third kappa shape index (κ3) is 5.96. The molecule has 12 rings (SSSR count). The highest BCUT2D eigenvalue weighted by molar-refractivity contribution is 6.20. The van der Waals surface area contributed by atoms with E-state index in [2.05, 4.69) is 217 Å². The van der Waals surface area contributed by atoms with Crippen LogP contribution in [-0.4, -0.2) is 19.5 Å². The summed E-state index contributed by atoms with van der Waals surface area (Å²) >= 11 is 0. The summed E-state index contributed by atoms with van der Waals surface area (Å²) in [6.45, 7) is 0. The SMILES string of the molecule is c1ccc(-c2ccc(-c3nc(-c4ccc(-c5c6ccccc6cc6c5ccc5ccccc56)cc4)nc(-c4ccc(-n5c6ccccc6c6ccccc65)cc4)n3)cc2)cc1. The molecule has 0 radical (unpaired) electrons. The normalized spacial score (nSPS) is 11.6. The van der Waals surface area contributed by atoms with Gasteiger partial charge >= 0.3 is 0 Å². The molecule has 0 fully saturated rings. The molecule has 0 aliphatic heterocycles. The minimum atomic E-state index is 0.622. The fraction of sp³-hybridized carbons (Fsp3) is 0. The van der Waals surface area contributed by atoms with Crippen LogP contribution in [0, 0.1) is 0 Å². The summed E-state index contributed by atoms with van der Waals surface area (Å²) in [5.41, 5.74) is 10.9. The molecule has 0 unspecified atom stereocenters. The first-order valence-corrected chi connectivity index (χ1v) is 20.7. The molecular formula is C57H36N4. The summed E-state index contributed by atoms with van der Waals surface area (Å²) < 4.78 is 2.33. The number of hydrogen-bond acceptors (Lipinski definition) is 3. The molecule has 2 heterocycles. The molecule has 0 bridgehead atoms. The van der Waals surface area contributed by atoms with Gasteiger partial charge in [0, 0.05) is 33.2 Å². The largest absolute Gasteiger partial charge is 0.309 e. The van der Waals surface area contributed by atoms with E-state index in [4.69, 9.17) is 15.0 Å². The van der Waals surface area contributed by atoms with Gasteiger partial charge in [0.05, 0.1) is 11.0 Å². The molecular weight excluding hydrogens is 741 g/mol. The van der Waals surface area contributed by atoms with Crippen LogP contribution in [0.1, 0.15) is 0 Å². The van der Waals surface area contributed by atoms with E-state index in [1.807, 2.05) is 6.07 Å². The minimum Gasteiger partial charge on any atom is -0.309 e. The average Bonchev–Trinajstić information content (AvgIpc) is 3.68. The molecule has 0 aliphatic carbocycles. The van der Waals surface area contributed by atoms with E-state index >= 15 is 0 Å². The van der Waals surface area contributed by atoms with E-state index in [0.29, 0.717) is 17.5 Å². The van der Waals surface area contributed by atoms with Crippen molar-refractivity contribution < 1.29 is 0 Å². The van der Waals surface area contributed by atoms with Crippen LogP contribution in [0.25, 0.3) is 116 Å². The molecule has 4 nitrogen and oxygen atoms in total. The Balaban J connectivity index is 0.979. The second-order valence-corrected chi connectivity index (χ2v) is 15.6. The molecule has 284 valence electrons. The first-order valence-electron chi connectivity index (χ1n) is 20.7. The Morgan fingerprint density at radius 1 is 0.262 bits per heavy atom. The van der Waals surface area contributed by atoms with Crippen molar-refractivity contribution in [3.05, 3.63) is 218 Å². The monoisotopic (exact) mass is 776 g/mol. The number of para-hydroxylation sites is 2. The lowest BCUT2D eigenvalue weighted by molar-refractivity contribution is 1.07. The van der Waals surface area contributed by atoms with Crippen molar-refractivity contribution in [2.24, 2.45) is 0 Å². The summed E-state index contributed by atoms with van der Waals surface area (Å²) in [5.74, 6) is 1.87. The maximum absolute atomic E-state index is 5.16. The van der Waals surface area contributed by atoms with Crippen molar-refractivity contribution in [1.29, 1.82) is 0 Å². The minimum absolute atomic E-state index is 0.622. The van der Waals surface area contributed by atoms with E-state index in [9.17, 15) is 0 Å². The number of fused-ring (bicyclic) bond motifs is 7. The Kier molecular flexibility index (Phi) is 8.13. The van der Waals surface area contributed by atoms with Crippen LogP contribution in [0.3, 0.4) is 0 Å². The fourth-order valence-electron chi connectivity index (χ4n) is 9.08. The van der Waals surface area contributed by atoms with E-state index < -0.39 is 0 Å². The third-order valence-electron chi connectivity index (χ3n) is 12.1. The van der Waals surface area contributed by atoms with E-state index in [1.165, 1.54) is 65.3 Å². The molecule has 12 aromatic rings. The van der Waals surface area contributed by atoms with Gasteiger partial charge in [-0.2, -0.15) is 0 Å². The standard InChI is InChI=1S/C57H36N4/c1-2-12-37(13-3-1)38-22-26-41(27-23-38)55-58-56(60-57(59-55)43-30-33-45(34-31-43)61-52-20-10-8-18-48(52)49-19-9-11-21-53(49)61)42-28-24-40(25-29-42)54-47-17-7-5-15-44(47)36-51-46-16-6-4-14-39(46)32-35-50(51)54/h1-36H. The van der Waals surface area contributed by atoms with Gasteiger partial charge in [-0.3, -0.25) is 0 Å². The van der Waals surface area contributed by atoms with Gasteiger partial charge in [-0.05, 0) is 97.0 Å². The highest BCUT2D eigenvalue weighted by Gasteiger charge is 2.17. The maximum atomic E-state index is 5.16. The third-order valence-corrected chi connectivity index (χ3v) is 12.1. The zero-order valence-corrected chi connectivity index (χ0v) is 33.1. The molecule has 2 aromatic heterocycles. The number of nitrogens with zero attached hydrogens (tertiary/aromatic N) is 4. The average molecular weight is 777 g/mol. The summed E-state index contributed by atoms with van der Waals surface area (Å²) in [6.07, 6.45) is 0. The van der Waals surface area contributed by atoms with Gasteiger partial charge < -0.3 is 4.57 Å². The molecule has 10 aromatic carbocycles. The molecule has 0 aliphatic rings. The Morgan fingerprint density at radius 3 is 1.31 bits per heavy atom. The first kappa shape index (κ1) is 34.8. The van der Waals surface area contributed by atoms with Crippen LogP contribution in [0.2, 0.25) is 0 Å². The van der Waals surface area contributed by atoms with Gasteiger partial charge in [-0.15, -0.1) is 0 Å².